The maximum absolute atomic E-state index is 11.9. The summed E-state index contributed by atoms with van der Waals surface area (Å²) in [4.78, 5) is 57.8. The summed E-state index contributed by atoms with van der Waals surface area (Å²) in [5, 5.41) is 50.9. The van der Waals surface area contributed by atoms with Crippen molar-refractivity contribution in [2.24, 2.45) is 0 Å². The molecule has 0 aliphatic rings. The quantitative estimate of drug-likeness (QED) is 0.206. The summed E-state index contributed by atoms with van der Waals surface area (Å²) in [5.41, 5.74) is -11.2. The number of aliphatic hydroxyl groups is 5. The fourth-order valence-corrected chi connectivity index (χ4v) is 2.38. The second-order valence-corrected chi connectivity index (χ2v) is 5.53. The minimum absolute atomic E-state index is 0.526. The molecular weight excluding hydrogens is 328 g/mol. The van der Waals surface area contributed by atoms with E-state index in [-0.39, 0.29) is 0 Å². The van der Waals surface area contributed by atoms with Crippen LogP contribution in [0.15, 0.2) is 0 Å². The highest BCUT2D eigenvalue weighted by Gasteiger charge is 2.73. The molecule has 0 amide bonds. The molecule has 10 nitrogen and oxygen atoms in total. The Labute approximate surface area is 136 Å². The number of carbonyl (C=O) groups excluding carboxylic acids is 5. The third kappa shape index (κ3) is 2.82. The van der Waals surface area contributed by atoms with Crippen molar-refractivity contribution in [3.63, 3.8) is 0 Å². The van der Waals surface area contributed by atoms with Crippen molar-refractivity contribution in [2.45, 2.75) is 56.7 Å². The first-order valence-corrected chi connectivity index (χ1v) is 6.69. The molecule has 0 heterocycles. The summed E-state index contributed by atoms with van der Waals surface area (Å²) in [6, 6.07) is 0. The number of hydrogen-bond acceptors (Lipinski definition) is 10. The van der Waals surface area contributed by atoms with E-state index in [0.717, 1.165) is 6.92 Å². The van der Waals surface area contributed by atoms with E-state index in [4.69, 9.17) is 0 Å². The molecule has 1 unspecified atom stereocenters. The molecule has 0 rings (SSSR count). The topological polar surface area (TPSA) is 186 Å². The van der Waals surface area contributed by atoms with Crippen LogP contribution in [0.1, 0.15) is 27.7 Å². The van der Waals surface area contributed by atoms with Crippen LogP contribution < -0.4 is 0 Å². The highest BCUT2D eigenvalue weighted by Crippen LogP contribution is 2.38. The zero-order valence-corrected chi connectivity index (χ0v) is 13.5. The molecule has 10 heteroatoms. The number of aliphatic hydroxyl groups excluding tert-OH is 2. The van der Waals surface area contributed by atoms with E-state index in [9.17, 15) is 49.5 Å². The van der Waals surface area contributed by atoms with E-state index >= 15 is 0 Å². The molecule has 0 fully saturated rings. The zero-order valence-electron chi connectivity index (χ0n) is 13.5. The van der Waals surface area contributed by atoms with Gasteiger partial charge in [-0.15, -0.1) is 0 Å². The Morgan fingerprint density at radius 1 is 0.833 bits per heavy atom. The minimum Gasteiger partial charge on any atom is -0.386 e. The summed E-state index contributed by atoms with van der Waals surface area (Å²) in [5.74, 6) is -5.92. The second kappa shape index (κ2) is 6.95. The lowest BCUT2D eigenvalue weighted by Gasteiger charge is -2.48. The van der Waals surface area contributed by atoms with Gasteiger partial charge in [0.1, 0.15) is 12.2 Å². The van der Waals surface area contributed by atoms with Crippen LogP contribution in [-0.4, -0.2) is 84.0 Å². The Bertz CT molecular complexity index is 584. The molecule has 136 valence electrons. The lowest BCUT2D eigenvalue weighted by atomic mass is 9.62. The van der Waals surface area contributed by atoms with Crippen LogP contribution in [0.2, 0.25) is 0 Å². The standard InChI is InChI=1S/C14H20O10/c1-6(16)10(20)11(21)13(23,8(3)18)14(24,9(4)19)12(22,5-15)7(2)17/h5,10-11,20-24H,1-4H3/t10?,11-,12-,13+,14-/m1/s1. The van der Waals surface area contributed by atoms with Crippen LogP contribution in [0.4, 0.5) is 0 Å². The van der Waals surface area contributed by atoms with Gasteiger partial charge in [-0.25, -0.2) is 0 Å². The van der Waals surface area contributed by atoms with E-state index in [1.54, 1.807) is 0 Å². The smallest absolute Gasteiger partial charge is 0.217 e. The highest BCUT2D eigenvalue weighted by atomic mass is 16.4. The van der Waals surface area contributed by atoms with Crippen LogP contribution in [0.3, 0.4) is 0 Å². The molecular formula is C14H20O10. The molecule has 0 aliphatic carbocycles. The van der Waals surface area contributed by atoms with Gasteiger partial charge >= 0.3 is 0 Å². The summed E-state index contributed by atoms with van der Waals surface area (Å²) < 4.78 is 0. The van der Waals surface area contributed by atoms with Crippen LogP contribution in [-0.2, 0) is 24.0 Å². The number of rotatable bonds is 9. The molecule has 0 bridgehead atoms. The van der Waals surface area contributed by atoms with Gasteiger partial charge in [0.2, 0.25) is 11.2 Å². The van der Waals surface area contributed by atoms with Crippen LogP contribution in [0.5, 0.6) is 0 Å². The monoisotopic (exact) mass is 348 g/mol. The molecule has 0 aromatic rings. The average Bonchev–Trinajstić information content (AvgIpc) is 2.49. The molecule has 5 atom stereocenters. The summed E-state index contributed by atoms with van der Waals surface area (Å²) in [7, 11) is 0. The van der Waals surface area contributed by atoms with E-state index in [2.05, 4.69) is 0 Å². The Morgan fingerprint density at radius 3 is 1.46 bits per heavy atom. The van der Waals surface area contributed by atoms with Crippen LogP contribution in [0.25, 0.3) is 0 Å². The Balaban J connectivity index is 6.89. The van der Waals surface area contributed by atoms with Crippen molar-refractivity contribution in [1.82, 2.24) is 0 Å². The van der Waals surface area contributed by atoms with Gasteiger partial charge < -0.3 is 25.5 Å². The predicted molar refractivity (Wildman–Crippen MR) is 75.7 cm³/mol. The highest BCUT2D eigenvalue weighted by molar-refractivity contribution is 6.12. The maximum atomic E-state index is 11.9. The average molecular weight is 348 g/mol. The van der Waals surface area contributed by atoms with Gasteiger partial charge in [-0.1, -0.05) is 0 Å². The first-order chi connectivity index (χ1) is 10.7. The first-order valence-electron chi connectivity index (χ1n) is 6.69. The first kappa shape index (κ1) is 22.1. The molecule has 0 spiro atoms. The Morgan fingerprint density at radius 2 is 1.25 bits per heavy atom. The van der Waals surface area contributed by atoms with E-state index in [1.807, 2.05) is 0 Å². The minimum atomic E-state index is -3.87. The summed E-state index contributed by atoms with van der Waals surface area (Å²) >= 11 is 0. The van der Waals surface area contributed by atoms with Crippen LogP contribution >= 0.6 is 0 Å². The SMILES string of the molecule is CC(=O)C(O)[C@@H](O)[C@@](O)(C(C)=O)[C@@](O)(C(C)=O)[C@@](O)(C=O)C(C)=O. The van der Waals surface area contributed by atoms with Gasteiger partial charge in [0.05, 0.1) is 0 Å². The molecule has 0 aromatic heterocycles. The normalized spacial score (nSPS) is 21.4. The number of aldehydes is 1. The molecule has 24 heavy (non-hydrogen) atoms. The van der Waals surface area contributed by atoms with Gasteiger partial charge in [-0.2, -0.15) is 0 Å². The van der Waals surface area contributed by atoms with Crippen molar-refractivity contribution in [3.05, 3.63) is 0 Å². The number of hydrogen-bond donors (Lipinski definition) is 5. The maximum Gasteiger partial charge on any atom is 0.217 e. The molecule has 0 saturated carbocycles. The predicted octanol–water partition coefficient (Wildman–Crippen LogP) is -3.54. The fraction of sp³-hybridized carbons (Fsp3) is 0.643. The molecule has 0 radical (unpaired) electrons. The van der Waals surface area contributed by atoms with Crippen molar-refractivity contribution < 1.29 is 49.5 Å². The van der Waals surface area contributed by atoms with Gasteiger partial charge in [-0.3, -0.25) is 24.0 Å². The van der Waals surface area contributed by atoms with E-state index in [0.29, 0.717) is 20.8 Å². The number of carbonyl (C=O) groups is 5. The van der Waals surface area contributed by atoms with Crippen molar-refractivity contribution >= 4 is 29.4 Å². The fourth-order valence-electron chi connectivity index (χ4n) is 2.38. The van der Waals surface area contributed by atoms with Crippen LogP contribution in [0, 0.1) is 0 Å². The van der Waals surface area contributed by atoms with Crippen molar-refractivity contribution in [3.8, 4) is 0 Å². The van der Waals surface area contributed by atoms with Gasteiger partial charge in [-0.05, 0) is 27.7 Å². The van der Waals surface area contributed by atoms with Gasteiger partial charge in [0.25, 0.3) is 0 Å². The number of Topliss-reactive ketones (excluding diaryl/α,β-unsaturated/α-hetero) is 4. The Kier molecular flexibility index (Phi) is 6.41. The zero-order chi connectivity index (χ0) is 19.7. The van der Waals surface area contributed by atoms with Crippen molar-refractivity contribution in [1.29, 1.82) is 0 Å². The third-order valence-electron chi connectivity index (χ3n) is 4.00. The molecule has 5 N–H and O–H groups in total. The third-order valence-corrected chi connectivity index (χ3v) is 4.00. The summed E-state index contributed by atoms with van der Waals surface area (Å²) in [6.45, 7) is 2.42. The van der Waals surface area contributed by atoms with Gasteiger partial charge in [0.15, 0.2) is 35.0 Å². The lowest BCUT2D eigenvalue weighted by Crippen LogP contribution is -2.80. The molecule has 0 aromatic carbocycles. The molecule has 0 saturated heterocycles. The summed E-state index contributed by atoms with van der Waals surface area (Å²) in [6.07, 6.45) is -5.88. The van der Waals surface area contributed by atoms with Crippen molar-refractivity contribution in [2.75, 3.05) is 0 Å². The largest absolute Gasteiger partial charge is 0.386 e. The molecule has 0 aliphatic heterocycles. The van der Waals surface area contributed by atoms with Gasteiger partial charge in [0, 0.05) is 0 Å². The van der Waals surface area contributed by atoms with E-state index < -0.39 is 58.4 Å². The second-order valence-electron chi connectivity index (χ2n) is 5.53. The number of ketones is 4. The lowest BCUT2D eigenvalue weighted by molar-refractivity contribution is -0.248. The Hall–Kier alpha value is -1.85. The van der Waals surface area contributed by atoms with E-state index in [1.165, 1.54) is 0 Å².